The SMILES string of the molecule is N#Cc1cc2c(Br)c(NC3CCC(N4C5CCC4CC(F)(F)C5)CC3)ncc2o1. The molecule has 0 spiro atoms. The average molecular weight is 465 g/mol. The van der Waals surface area contributed by atoms with Crippen LogP contribution in [0.5, 0.6) is 0 Å². The van der Waals surface area contributed by atoms with E-state index in [0.717, 1.165) is 54.2 Å². The Bertz CT molecular complexity index is 947. The molecule has 3 fully saturated rings. The van der Waals surface area contributed by atoms with Crippen LogP contribution in [0.25, 0.3) is 11.0 Å². The van der Waals surface area contributed by atoms with Crippen LogP contribution in [0.3, 0.4) is 0 Å². The molecule has 0 aromatic carbocycles. The molecular formula is C21H23BrF2N4O. The lowest BCUT2D eigenvalue weighted by molar-refractivity contribution is -0.0964. The van der Waals surface area contributed by atoms with Crippen LogP contribution in [0, 0.1) is 11.3 Å². The van der Waals surface area contributed by atoms with Crippen molar-refractivity contribution in [3.05, 3.63) is 22.5 Å². The van der Waals surface area contributed by atoms with Gasteiger partial charge < -0.3 is 9.73 Å². The molecule has 2 aromatic heterocycles. The number of piperidine rings is 1. The number of alkyl halides is 2. The van der Waals surface area contributed by atoms with Gasteiger partial charge in [-0.2, -0.15) is 5.26 Å². The van der Waals surface area contributed by atoms with E-state index in [1.807, 2.05) is 6.07 Å². The molecule has 154 valence electrons. The van der Waals surface area contributed by atoms with Crippen LogP contribution in [0.2, 0.25) is 0 Å². The van der Waals surface area contributed by atoms with E-state index in [-0.39, 0.29) is 30.7 Å². The number of nitrogens with zero attached hydrogens (tertiary/aromatic N) is 3. The highest BCUT2D eigenvalue weighted by Gasteiger charge is 2.51. The summed E-state index contributed by atoms with van der Waals surface area (Å²) in [6.07, 6.45) is 7.61. The zero-order valence-electron chi connectivity index (χ0n) is 16.0. The van der Waals surface area contributed by atoms with E-state index in [9.17, 15) is 8.78 Å². The van der Waals surface area contributed by atoms with Crippen LogP contribution in [-0.4, -0.2) is 40.0 Å². The van der Waals surface area contributed by atoms with Crippen LogP contribution in [-0.2, 0) is 0 Å². The summed E-state index contributed by atoms with van der Waals surface area (Å²) in [6, 6.07) is 4.58. The van der Waals surface area contributed by atoms with Crippen molar-refractivity contribution < 1.29 is 13.2 Å². The zero-order valence-corrected chi connectivity index (χ0v) is 17.6. The van der Waals surface area contributed by atoms with Crippen molar-refractivity contribution in [1.29, 1.82) is 5.26 Å². The zero-order chi connectivity index (χ0) is 20.2. The topological polar surface area (TPSA) is 65.1 Å². The highest BCUT2D eigenvalue weighted by molar-refractivity contribution is 9.10. The first-order valence-corrected chi connectivity index (χ1v) is 11.1. The molecule has 2 atom stereocenters. The molecule has 2 unspecified atom stereocenters. The van der Waals surface area contributed by atoms with Gasteiger partial charge in [0.15, 0.2) is 5.58 Å². The van der Waals surface area contributed by atoms with Crippen molar-refractivity contribution in [3.63, 3.8) is 0 Å². The van der Waals surface area contributed by atoms with Crippen LogP contribution in [0.4, 0.5) is 14.6 Å². The standard InChI is InChI=1S/C21H23BrF2N4O/c22-19-17-7-16(10-25)29-18(17)11-26-20(19)27-12-1-3-13(4-2-12)28-14-5-6-15(28)9-21(23,24)8-14/h7,11-15H,1-6,8-9H2,(H,26,27). The normalized spacial score (nSPS) is 31.7. The number of furan rings is 1. The van der Waals surface area contributed by atoms with Gasteiger partial charge in [-0.25, -0.2) is 13.8 Å². The van der Waals surface area contributed by atoms with Crippen molar-refractivity contribution in [2.45, 2.75) is 81.5 Å². The van der Waals surface area contributed by atoms with Crippen molar-refractivity contribution in [2.75, 3.05) is 5.32 Å². The van der Waals surface area contributed by atoms with E-state index in [1.165, 1.54) is 0 Å². The Morgan fingerprint density at radius 1 is 1.14 bits per heavy atom. The molecule has 0 amide bonds. The first kappa shape index (κ1) is 19.3. The smallest absolute Gasteiger partial charge is 0.251 e. The molecule has 0 radical (unpaired) electrons. The van der Waals surface area contributed by atoms with Gasteiger partial charge in [0.25, 0.3) is 5.92 Å². The summed E-state index contributed by atoms with van der Waals surface area (Å²) in [5.41, 5.74) is 0.583. The lowest BCUT2D eigenvalue weighted by Crippen LogP contribution is -2.53. The fourth-order valence-corrected chi connectivity index (χ4v) is 6.14. The third kappa shape index (κ3) is 3.53. The monoisotopic (exact) mass is 464 g/mol. The molecule has 2 saturated heterocycles. The third-order valence-corrected chi connectivity index (χ3v) is 7.63. The Labute approximate surface area is 176 Å². The minimum absolute atomic E-state index is 0.0357. The molecule has 1 saturated carbocycles. The molecule has 29 heavy (non-hydrogen) atoms. The highest BCUT2D eigenvalue weighted by atomic mass is 79.9. The molecule has 1 aliphatic carbocycles. The predicted octanol–water partition coefficient (Wildman–Crippen LogP) is 5.45. The van der Waals surface area contributed by atoms with Gasteiger partial charge in [-0.05, 0) is 54.5 Å². The summed E-state index contributed by atoms with van der Waals surface area (Å²) in [4.78, 5) is 6.89. The number of nitrogens with one attached hydrogen (secondary N) is 1. The molecular weight excluding hydrogens is 442 g/mol. The number of pyridine rings is 1. The van der Waals surface area contributed by atoms with Crippen LogP contribution in [0.1, 0.15) is 57.1 Å². The predicted molar refractivity (Wildman–Crippen MR) is 109 cm³/mol. The summed E-state index contributed by atoms with van der Waals surface area (Å²) in [6.45, 7) is 0. The first-order valence-electron chi connectivity index (χ1n) is 10.3. The Morgan fingerprint density at radius 3 is 2.45 bits per heavy atom. The molecule has 2 aromatic rings. The van der Waals surface area contributed by atoms with E-state index in [2.05, 4.69) is 31.1 Å². The van der Waals surface area contributed by atoms with Gasteiger partial charge in [0.1, 0.15) is 11.9 Å². The van der Waals surface area contributed by atoms with Gasteiger partial charge in [-0.3, -0.25) is 4.90 Å². The lowest BCUT2D eigenvalue weighted by atomic mass is 9.86. The van der Waals surface area contributed by atoms with Crippen molar-refractivity contribution in [2.24, 2.45) is 0 Å². The molecule has 3 aliphatic rings. The number of hydrogen-bond donors (Lipinski definition) is 1. The summed E-state index contributed by atoms with van der Waals surface area (Å²) >= 11 is 3.59. The quantitative estimate of drug-likeness (QED) is 0.654. The average Bonchev–Trinajstić information content (AvgIpc) is 3.24. The minimum Gasteiger partial charge on any atom is -0.444 e. The van der Waals surface area contributed by atoms with Crippen molar-refractivity contribution >= 4 is 32.7 Å². The minimum atomic E-state index is -2.48. The Balaban J connectivity index is 1.24. The molecule has 5 rings (SSSR count). The number of anilines is 1. The molecule has 8 heteroatoms. The second-order valence-electron chi connectivity index (χ2n) is 8.67. The fourth-order valence-electron chi connectivity index (χ4n) is 5.61. The van der Waals surface area contributed by atoms with Crippen LogP contribution < -0.4 is 5.32 Å². The highest BCUT2D eigenvalue weighted by Crippen LogP contribution is 2.46. The van der Waals surface area contributed by atoms with Crippen LogP contribution in [0.15, 0.2) is 21.2 Å². The van der Waals surface area contributed by atoms with Gasteiger partial charge in [0, 0.05) is 48.5 Å². The van der Waals surface area contributed by atoms with Gasteiger partial charge in [-0.1, -0.05) is 0 Å². The molecule has 5 nitrogen and oxygen atoms in total. The van der Waals surface area contributed by atoms with E-state index in [0.29, 0.717) is 17.7 Å². The van der Waals surface area contributed by atoms with Gasteiger partial charge in [0.2, 0.25) is 5.76 Å². The van der Waals surface area contributed by atoms with Crippen molar-refractivity contribution in [1.82, 2.24) is 9.88 Å². The molecule has 1 N–H and O–H groups in total. The fraction of sp³-hybridized carbons (Fsp3) is 0.619. The largest absolute Gasteiger partial charge is 0.444 e. The van der Waals surface area contributed by atoms with E-state index in [4.69, 9.17) is 9.68 Å². The van der Waals surface area contributed by atoms with Crippen molar-refractivity contribution in [3.8, 4) is 6.07 Å². The third-order valence-electron chi connectivity index (χ3n) is 6.83. The second kappa shape index (κ2) is 7.21. The molecule has 2 aliphatic heterocycles. The summed E-state index contributed by atoms with van der Waals surface area (Å²) < 4.78 is 34.0. The van der Waals surface area contributed by atoms with Gasteiger partial charge in [-0.15, -0.1) is 0 Å². The maximum absolute atomic E-state index is 13.9. The molecule has 2 bridgehead atoms. The van der Waals surface area contributed by atoms with E-state index >= 15 is 0 Å². The molecule has 4 heterocycles. The van der Waals surface area contributed by atoms with Gasteiger partial charge >= 0.3 is 0 Å². The second-order valence-corrected chi connectivity index (χ2v) is 9.46. The number of nitriles is 1. The summed E-state index contributed by atoms with van der Waals surface area (Å²) in [7, 11) is 0. The number of aromatic nitrogens is 1. The Hall–Kier alpha value is -1.72. The van der Waals surface area contributed by atoms with E-state index in [1.54, 1.807) is 12.3 Å². The number of fused-ring (bicyclic) bond motifs is 3. The Kier molecular flexibility index (Phi) is 4.78. The lowest BCUT2D eigenvalue weighted by Gasteiger charge is -2.45. The first-order chi connectivity index (χ1) is 13.9. The van der Waals surface area contributed by atoms with Crippen LogP contribution >= 0.6 is 15.9 Å². The summed E-state index contributed by atoms with van der Waals surface area (Å²) in [5, 5.41) is 13.4. The summed E-state index contributed by atoms with van der Waals surface area (Å²) in [5.74, 6) is -1.46. The maximum atomic E-state index is 13.9. The van der Waals surface area contributed by atoms with Gasteiger partial charge in [0.05, 0.1) is 10.7 Å². The number of halogens is 3. The Morgan fingerprint density at radius 2 is 1.79 bits per heavy atom. The van der Waals surface area contributed by atoms with E-state index < -0.39 is 5.92 Å². The maximum Gasteiger partial charge on any atom is 0.251 e. The number of hydrogen-bond acceptors (Lipinski definition) is 5. The number of rotatable bonds is 3.